The molecule has 0 aliphatic carbocycles. The number of aliphatic carboxylic acids is 2. The third-order valence-electron chi connectivity index (χ3n) is 5.13. The van der Waals surface area contributed by atoms with E-state index in [1.54, 1.807) is 0 Å². The molecule has 2 rings (SSSR count). The molecule has 11 nitrogen and oxygen atoms in total. The number of carbonyl (C=O) groups excluding carboxylic acids is 3. The normalized spacial score (nSPS) is 22.8. The zero-order chi connectivity index (χ0) is 20.8. The van der Waals surface area contributed by atoms with E-state index in [0.29, 0.717) is 38.8 Å². The molecule has 2 saturated heterocycles. The van der Waals surface area contributed by atoms with E-state index in [4.69, 9.17) is 10.8 Å². The molecule has 0 aromatic carbocycles. The molecule has 0 saturated carbocycles. The number of carbonyl (C=O) groups is 5. The first-order valence-electron chi connectivity index (χ1n) is 9.31. The van der Waals surface area contributed by atoms with Gasteiger partial charge >= 0.3 is 11.9 Å². The molecule has 5 N–H and O–H groups in total. The molecular formula is C17H26N4O7. The number of nitrogens with two attached hydrogens (primary N) is 1. The summed E-state index contributed by atoms with van der Waals surface area (Å²) in [6.07, 6.45) is 1.46. The smallest absolute Gasteiger partial charge is 0.326 e. The summed E-state index contributed by atoms with van der Waals surface area (Å²) in [5.74, 6) is -3.78. The molecule has 156 valence electrons. The Balaban J connectivity index is 2.05. The molecule has 0 radical (unpaired) electrons. The number of likely N-dealkylation sites (tertiary alicyclic amines) is 2. The van der Waals surface area contributed by atoms with Crippen LogP contribution in [0.25, 0.3) is 0 Å². The van der Waals surface area contributed by atoms with Gasteiger partial charge in [0, 0.05) is 19.5 Å². The Morgan fingerprint density at radius 2 is 1.61 bits per heavy atom. The van der Waals surface area contributed by atoms with Crippen molar-refractivity contribution >= 4 is 29.7 Å². The van der Waals surface area contributed by atoms with E-state index < -0.39 is 42.4 Å². The second-order valence-electron chi connectivity index (χ2n) is 6.97. The van der Waals surface area contributed by atoms with Crippen molar-refractivity contribution in [1.29, 1.82) is 0 Å². The van der Waals surface area contributed by atoms with Crippen molar-refractivity contribution in [2.24, 2.45) is 5.73 Å². The van der Waals surface area contributed by atoms with Crippen LogP contribution in [0, 0.1) is 0 Å². The first-order valence-corrected chi connectivity index (χ1v) is 9.31. The lowest BCUT2D eigenvalue weighted by atomic mass is 10.1. The molecule has 2 aliphatic rings. The maximum atomic E-state index is 12.9. The largest absolute Gasteiger partial charge is 0.481 e. The van der Waals surface area contributed by atoms with Gasteiger partial charge in [-0.1, -0.05) is 0 Å². The molecular weight excluding hydrogens is 372 g/mol. The van der Waals surface area contributed by atoms with Gasteiger partial charge in [0.15, 0.2) is 0 Å². The molecule has 2 aliphatic heterocycles. The molecule has 3 unspecified atom stereocenters. The molecule has 2 heterocycles. The van der Waals surface area contributed by atoms with Gasteiger partial charge in [-0.25, -0.2) is 4.79 Å². The topological polar surface area (TPSA) is 170 Å². The molecule has 2 fully saturated rings. The Morgan fingerprint density at radius 3 is 2.18 bits per heavy atom. The van der Waals surface area contributed by atoms with Crippen molar-refractivity contribution in [2.45, 2.75) is 56.7 Å². The Kier molecular flexibility index (Phi) is 7.32. The van der Waals surface area contributed by atoms with Crippen molar-refractivity contribution in [1.82, 2.24) is 15.1 Å². The molecule has 11 heteroatoms. The Morgan fingerprint density at radius 1 is 1.00 bits per heavy atom. The predicted molar refractivity (Wildman–Crippen MR) is 95.0 cm³/mol. The maximum Gasteiger partial charge on any atom is 0.326 e. The van der Waals surface area contributed by atoms with Crippen LogP contribution in [0.15, 0.2) is 0 Å². The summed E-state index contributed by atoms with van der Waals surface area (Å²) in [7, 11) is 0. The minimum atomic E-state index is -1.34. The number of amides is 3. The quantitative estimate of drug-likeness (QED) is 0.377. The first kappa shape index (κ1) is 21.6. The fraction of sp³-hybridized carbons (Fsp3) is 0.706. The van der Waals surface area contributed by atoms with Gasteiger partial charge in [0.25, 0.3) is 0 Å². The third kappa shape index (κ3) is 4.97. The van der Waals surface area contributed by atoms with Crippen LogP contribution < -0.4 is 11.1 Å². The SMILES string of the molecule is NCC(=O)N1CCCC1C(=O)N1CCCC1C(=O)NC(CCC(=O)O)C(=O)O. The van der Waals surface area contributed by atoms with Crippen molar-refractivity contribution < 1.29 is 34.2 Å². The monoisotopic (exact) mass is 398 g/mol. The van der Waals surface area contributed by atoms with Crippen molar-refractivity contribution in [3.63, 3.8) is 0 Å². The van der Waals surface area contributed by atoms with E-state index >= 15 is 0 Å². The standard InChI is InChI=1S/C17H26N4O7/c18-9-13(22)20-7-2-4-12(20)16(26)21-8-1-3-11(21)15(25)19-10(17(27)28)5-6-14(23)24/h10-12H,1-9,18H2,(H,19,25)(H,23,24)(H,27,28). The van der Waals surface area contributed by atoms with Gasteiger partial charge in [-0.05, 0) is 32.1 Å². The van der Waals surface area contributed by atoms with Crippen LogP contribution in [-0.2, 0) is 24.0 Å². The zero-order valence-electron chi connectivity index (χ0n) is 15.5. The van der Waals surface area contributed by atoms with Gasteiger partial charge in [-0.3, -0.25) is 19.2 Å². The van der Waals surface area contributed by atoms with Crippen LogP contribution >= 0.6 is 0 Å². The summed E-state index contributed by atoms with van der Waals surface area (Å²) < 4.78 is 0. The van der Waals surface area contributed by atoms with Crippen LogP contribution in [0.5, 0.6) is 0 Å². The average molecular weight is 398 g/mol. The number of carboxylic acids is 2. The van der Waals surface area contributed by atoms with Crippen LogP contribution in [-0.4, -0.2) is 87.4 Å². The number of hydrogen-bond donors (Lipinski definition) is 4. The van der Waals surface area contributed by atoms with E-state index in [-0.39, 0.29) is 24.8 Å². The highest BCUT2D eigenvalue weighted by Gasteiger charge is 2.42. The van der Waals surface area contributed by atoms with Gasteiger partial charge in [-0.2, -0.15) is 0 Å². The number of rotatable bonds is 8. The number of carboxylic acid groups (broad SMARTS) is 2. The fourth-order valence-electron chi connectivity index (χ4n) is 3.73. The molecule has 0 aromatic rings. The summed E-state index contributed by atoms with van der Waals surface area (Å²) in [5, 5.41) is 20.3. The summed E-state index contributed by atoms with van der Waals surface area (Å²) in [5.41, 5.74) is 5.40. The first-order chi connectivity index (χ1) is 13.3. The highest BCUT2D eigenvalue weighted by Crippen LogP contribution is 2.25. The number of nitrogens with zero attached hydrogens (tertiary/aromatic N) is 2. The van der Waals surface area contributed by atoms with Crippen molar-refractivity contribution in [2.75, 3.05) is 19.6 Å². The van der Waals surface area contributed by atoms with Gasteiger partial charge in [-0.15, -0.1) is 0 Å². The fourth-order valence-corrected chi connectivity index (χ4v) is 3.73. The van der Waals surface area contributed by atoms with Gasteiger partial charge in [0.05, 0.1) is 6.54 Å². The van der Waals surface area contributed by atoms with Gasteiger partial charge < -0.3 is 31.1 Å². The lowest BCUT2D eigenvalue weighted by Gasteiger charge is -2.31. The van der Waals surface area contributed by atoms with Crippen molar-refractivity contribution in [3.05, 3.63) is 0 Å². The number of nitrogens with one attached hydrogen (secondary N) is 1. The highest BCUT2D eigenvalue weighted by atomic mass is 16.4. The summed E-state index contributed by atoms with van der Waals surface area (Å²) in [6, 6.07) is -2.84. The van der Waals surface area contributed by atoms with Crippen LogP contribution in [0.4, 0.5) is 0 Å². The second-order valence-corrected chi connectivity index (χ2v) is 6.97. The van der Waals surface area contributed by atoms with Crippen molar-refractivity contribution in [3.8, 4) is 0 Å². The molecule has 0 aromatic heterocycles. The average Bonchev–Trinajstić information content (AvgIpc) is 3.32. The molecule has 3 amide bonds. The predicted octanol–water partition coefficient (Wildman–Crippen LogP) is -1.64. The highest BCUT2D eigenvalue weighted by molar-refractivity contribution is 5.94. The van der Waals surface area contributed by atoms with E-state index in [9.17, 15) is 29.1 Å². The van der Waals surface area contributed by atoms with E-state index in [1.807, 2.05) is 0 Å². The Bertz CT molecular complexity index is 653. The minimum Gasteiger partial charge on any atom is -0.481 e. The van der Waals surface area contributed by atoms with E-state index in [2.05, 4.69) is 5.32 Å². The Labute approximate surface area is 161 Å². The summed E-state index contributed by atoms with van der Waals surface area (Å²) >= 11 is 0. The summed E-state index contributed by atoms with van der Waals surface area (Å²) in [4.78, 5) is 62.3. The van der Waals surface area contributed by atoms with Crippen LogP contribution in [0.1, 0.15) is 38.5 Å². The zero-order valence-corrected chi connectivity index (χ0v) is 15.5. The lowest BCUT2D eigenvalue weighted by Crippen LogP contribution is -2.55. The van der Waals surface area contributed by atoms with E-state index in [0.717, 1.165) is 0 Å². The molecule has 0 spiro atoms. The third-order valence-corrected chi connectivity index (χ3v) is 5.13. The molecule has 0 bridgehead atoms. The minimum absolute atomic E-state index is 0.197. The number of hydrogen-bond acceptors (Lipinski definition) is 6. The van der Waals surface area contributed by atoms with Gasteiger partial charge in [0.1, 0.15) is 18.1 Å². The lowest BCUT2D eigenvalue weighted by molar-refractivity contribution is -0.147. The van der Waals surface area contributed by atoms with Crippen LogP contribution in [0.2, 0.25) is 0 Å². The molecule has 28 heavy (non-hydrogen) atoms. The maximum absolute atomic E-state index is 12.9. The van der Waals surface area contributed by atoms with Gasteiger partial charge in [0.2, 0.25) is 17.7 Å². The van der Waals surface area contributed by atoms with Crippen LogP contribution in [0.3, 0.4) is 0 Å². The second kappa shape index (κ2) is 9.49. The van der Waals surface area contributed by atoms with E-state index in [1.165, 1.54) is 9.80 Å². The Hall–Kier alpha value is -2.69. The molecule has 3 atom stereocenters. The summed E-state index contributed by atoms with van der Waals surface area (Å²) in [6.45, 7) is 0.579.